The lowest BCUT2D eigenvalue weighted by molar-refractivity contribution is -0.384. The number of nitro benzene ring substituents is 1. The van der Waals surface area contributed by atoms with Crippen LogP contribution in [-0.2, 0) is 21.4 Å². The molecule has 2 fully saturated rings. The van der Waals surface area contributed by atoms with Crippen LogP contribution in [-0.4, -0.2) is 61.3 Å². The highest BCUT2D eigenvalue weighted by Gasteiger charge is 2.27. The number of hydrogen-bond donors (Lipinski definition) is 1. The molecule has 2 aliphatic rings. The van der Waals surface area contributed by atoms with Gasteiger partial charge in [-0.25, -0.2) is 13.1 Å². The van der Waals surface area contributed by atoms with Crippen LogP contribution in [0.1, 0.15) is 24.0 Å². The van der Waals surface area contributed by atoms with E-state index in [1.165, 1.54) is 12.1 Å². The van der Waals surface area contributed by atoms with Gasteiger partial charge in [0.15, 0.2) is 0 Å². The molecule has 33 heavy (non-hydrogen) atoms. The first-order valence-corrected chi connectivity index (χ1v) is 12.3. The van der Waals surface area contributed by atoms with Crippen molar-refractivity contribution in [1.29, 1.82) is 0 Å². The van der Waals surface area contributed by atoms with Crippen molar-refractivity contribution in [3.05, 3.63) is 75.8 Å². The Morgan fingerprint density at radius 2 is 1.79 bits per heavy atom. The van der Waals surface area contributed by atoms with E-state index in [-0.39, 0.29) is 22.5 Å². The van der Waals surface area contributed by atoms with Crippen molar-refractivity contribution in [3.63, 3.8) is 0 Å². The number of carbonyl (C=O) groups excluding carboxylic acids is 1. The van der Waals surface area contributed by atoms with Gasteiger partial charge in [-0.05, 0) is 42.2 Å². The number of benzene rings is 2. The summed E-state index contributed by atoms with van der Waals surface area (Å²) in [7, 11) is -3.48. The van der Waals surface area contributed by atoms with Crippen molar-refractivity contribution in [2.24, 2.45) is 0 Å². The molecule has 9 nitrogen and oxygen atoms in total. The number of piperazine rings is 1. The van der Waals surface area contributed by atoms with E-state index < -0.39 is 14.9 Å². The van der Waals surface area contributed by atoms with Crippen LogP contribution in [0.15, 0.2) is 59.5 Å². The maximum absolute atomic E-state index is 12.6. The van der Waals surface area contributed by atoms with Crippen LogP contribution in [0.2, 0.25) is 0 Å². The summed E-state index contributed by atoms with van der Waals surface area (Å²) >= 11 is 0. The van der Waals surface area contributed by atoms with Gasteiger partial charge in [-0.15, -0.1) is 0 Å². The van der Waals surface area contributed by atoms with Crippen LogP contribution in [0.3, 0.4) is 0 Å². The summed E-state index contributed by atoms with van der Waals surface area (Å²) in [5, 5.41) is 10.9. The van der Waals surface area contributed by atoms with E-state index in [0.29, 0.717) is 32.7 Å². The molecule has 1 amide bonds. The summed E-state index contributed by atoms with van der Waals surface area (Å²) < 4.78 is 27.1. The van der Waals surface area contributed by atoms with E-state index in [1.54, 1.807) is 47.4 Å². The number of amides is 1. The van der Waals surface area contributed by atoms with Gasteiger partial charge in [0, 0.05) is 57.0 Å². The van der Waals surface area contributed by atoms with Crippen molar-refractivity contribution in [3.8, 4) is 0 Å². The molecule has 10 heteroatoms. The van der Waals surface area contributed by atoms with Gasteiger partial charge in [0.2, 0.25) is 15.9 Å². The largest absolute Gasteiger partial charge is 0.337 e. The average Bonchev–Trinajstić information content (AvgIpc) is 3.62. The SMILES string of the molecule is O=C(/C=C/c1ccc(S(=O)(=O)NC2CC2)cc1)N1CCN(Cc2cccc([N+](=O)[O-])c2)CC1. The molecule has 1 aliphatic heterocycles. The molecule has 1 N–H and O–H groups in total. The predicted octanol–water partition coefficient (Wildman–Crippen LogP) is 2.39. The van der Waals surface area contributed by atoms with Gasteiger partial charge < -0.3 is 4.90 Å². The zero-order valence-corrected chi connectivity index (χ0v) is 18.9. The number of carbonyl (C=O) groups is 1. The molecule has 0 bridgehead atoms. The van der Waals surface area contributed by atoms with Gasteiger partial charge in [-0.2, -0.15) is 0 Å². The molecule has 2 aromatic rings. The Balaban J connectivity index is 1.27. The van der Waals surface area contributed by atoms with E-state index in [4.69, 9.17) is 0 Å². The number of rotatable bonds is 8. The summed E-state index contributed by atoms with van der Waals surface area (Å²) in [5.41, 5.74) is 1.70. The number of nitrogens with zero attached hydrogens (tertiary/aromatic N) is 3. The Bertz CT molecular complexity index is 1150. The van der Waals surface area contributed by atoms with Gasteiger partial charge in [-0.3, -0.25) is 19.8 Å². The Kier molecular flexibility index (Phi) is 6.87. The van der Waals surface area contributed by atoms with E-state index in [1.807, 2.05) is 6.07 Å². The average molecular weight is 471 g/mol. The fourth-order valence-corrected chi connectivity index (χ4v) is 4.98. The summed E-state index contributed by atoms with van der Waals surface area (Å²) in [6.07, 6.45) is 4.95. The molecule has 1 saturated carbocycles. The Morgan fingerprint density at radius 1 is 1.09 bits per heavy atom. The Morgan fingerprint density at radius 3 is 2.42 bits per heavy atom. The number of sulfonamides is 1. The maximum atomic E-state index is 12.6. The minimum absolute atomic E-state index is 0.0545. The fraction of sp³-hybridized carbons (Fsp3) is 0.348. The molecule has 0 unspecified atom stereocenters. The van der Waals surface area contributed by atoms with E-state index >= 15 is 0 Å². The molecule has 2 aromatic carbocycles. The topological polar surface area (TPSA) is 113 Å². The molecule has 174 valence electrons. The normalized spacial score (nSPS) is 17.4. The van der Waals surface area contributed by atoms with Gasteiger partial charge in [-0.1, -0.05) is 24.3 Å². The first kappa shape index (κ1) is 23.1. The van der Waals surface area contributed by atoms with Gasteiger partial charge in [0.1, 0.15) is 0 Å². The quantitative estimate of drug-likeness (QED) is 0.360. The number of hydrogen-bond acceptors (Lipinski definition) is 6. The first-order chi connectivity index (χ1) is 15.8. The third-order valence-corrected chi connectivity index (χ3v) is 7.26. The smallest absolute Gasteiger partial charge is 0.269 e. The van der Waals surface area contributed by atoms with Crippen LogP contribution in [0.25, 0.3) is 6.08 Å². The lowest BCUT2D eigenvalue weighted by Gasteiger charge is -2.34. The summed E-state index contributed by atoms with van der Waals surface area (Å²) in [4.78, 5) is 27.2. The van der Waals surface area contributed by atoms with Crippen molar-refractivity contribution in [1.82, 2.24) is 14.5 Å². The molecule has 0 radical (unpaired) electrons. The second kappa shape index (κ2) is 9.82. The lowest BCUT2D eigenvalue weighted by Crippen LogP contribution is -2.47. The van der Waals surface area contributed by atoms with Crippen LogP contribution in [0.5, 0.6) is 0 Å². The molecular formula is C23H26N4O5S. The van der Waals surface area contributed by atoms with E-state index in [0.717, 1.165) is 24.0 Å². The highest BCUT2D eigenvalue weighted by molar-refractivity contribution is 7.89. The maximum Gasteiger partial charge on any atom is 0.269 e. The second-order valence-electron chi connectivity index (χ2n) is 8.33. The summed E-state index contributed by atoms with van der Waals surface area (Å²) in [5.74, 6) is -0.0999. The molecule has 1 heterocycles. The predicted molar refractivity (Wildman–Crippen MR) is 124 cm³/mol. The van der Waals surface area contributed by atoms with Gasteiger partial charge in [0.05, 0.1) is 9.82 Å². The highest BCUT2D eigenvalue weighted by atomic mass is 32.2. The van der Waals surface area contributed by atoms with E-state index in [2.05, 4.69) is 9.62 Å². The zero-order valence-electron chi connectivity index (χ0n) is 18.1. The van der Waals surface area contributed by atoms with Crippen LogP contribution < -0.4 is 4.72 Å². The number of nitrogens with one attached hydrogen (secondary N) is 1. The molecular weight excluding hydrogens is 444 g/mol. The molecule has 1 aliphatic carbocycles. The third kappa shape index (κ3) is 6.25. The molecule has 0 atom stereocenters. The van der Waals surface area contributed by atoms with Crippen LogP contribution in [0.4, 0.5) is 5.69 Å². The van der Waals surface area contributed by atoms with Crippen LogP contribution in [0, 0.1) is 10.1 Å². The van der Waals surface area contributed by atoms with Crippen LogP contribution >= 0.6 is 0 Å². The summed E-state index contributed by atoms with van der Waals surface area (Å²) in [6.45, 7) is 3.11. The van der Waals surface area contributed by atoms with Crippen molar-refractivity contribution < 1.29 is 18.1 Å². The van der Waals surface area contributed by atoms with Gasteiger partial charge in [0.25, 0.3) is 5.69 Å². The number of non-ortho nitro benzene ring substituents is 1. The monoisotopic (exact) mass is 470 g/mol. The van der Waals surface area contributed by atoms with Crippen molar-refractivity contribution >= 4 is 27.7 Å². The fourth-order valence-electron chi connectivity index (χ4n) is 3.67. The zero-order chi connectivity index (χ0) is 23.4. The first-order valence-electron chi connectivity index (χ1n) is 10.9. The molecule has 0 spiro atoms. The standard InChI is InChI=1S/C23H26N4O5S/c28-23(11-6-18-4-9-22(10-5-18)33(31,32)24-20-7-8-20)26-14-12-25(13-15-26)17-19-2-1-3-21(16-19)27(29)30/h1-6,9-11,16,20,24H,7-8,12-15,17H2/b11-6+. The Hall–Kier alpha value is -3.08. The number of nitro groups is 1. The lowest BCUT2D eigenvalue weighted by atomic mass is 10.1. The Labute approximate surface area is 192 Å². The minimum Gasteiger partial charge on any atom is -0.337 e. The van der Waals surface area contributed by atoms with Gasteiger partial charge >= 0.3 is 0 Å². The molecule has 1 saturated heterocycles. The summed E-state index contributed by atoms with van der Waals surface area (Å²) in [6, 6.07) is 13.1. The van der Waals surface area contributed by atoms with Crippen molar-refractivity contribution in [2.45, 2.75) is 30.3 Å². The highest BCUT2D eigenvalue weighted by Crippen LogP contribution is 2.22. The molecule has 4 rings (SSSR count). The van der Waals surface area contributed by atoms with Crippen molar-refractivity contribution in [2.75, 3.05) is 26.2 Å². The molecule has 0 aromatic heterocycles. The second-order valence-corrected chi connectivity index (χ2v) is 10.0. The minimum atomic E-state index is -3.48. The van der Waals surface area contributed by atoms with E-state index in [9.17, 15) is 23.3 Å². The third-order valence-electron chi connectivity index (χ3n) is 5.72.